The number of rotatable bonds is 6. The summed E-state index contributed by atoms with van der Waals surface area (Å²) in [5.41, 5.74) is 1.74. The number of carbonyl (C=O) groups excluding carboxylic acids is 1. The molecule has 11 heteroatoms. The van der Waals surface area contributed by atoms with Gasteiger partial charge in [0.05, 0.1) is 6.21 Å². The van der Waals surface area contributed by atoms with E-state index >= 15 is 0 Å². The maximum atomic E-state index is 11.7. The molecule has 3 rings (SSSR count). The molecule has 0 saturated heterocycles. The highest BCUT2D eigenvalue weighted by Crippen LogP contribution is 2.31. The number of hydrogen-bond acceptors (Lipinski definition) is 8. The van der Waals surface area contributed by atoms with Crippen LogP contribution in [0, 0.1) is 0 Å². The van der Waals surface area contributed by atoms with Crippen molar-refractivity contribution in [2.24, 2.45) is 5.10 Å². The lowest BCUT2D eigenvalue weighted by molar-refractivity contribution is -0.120. The van der Waals surface area contributed by atoms with Crippen molar-refractivity contribution >= 4 is 17.9 Å². The van der Waals surface area contributed by atoms with Crippen LogP contribution in [-0.2, 0) is 4.79 Å². The fraction of sp³-hybridized carbons (Fsp3) is 0.214. The third kappa shape index (κ3) is 4.22. The van der Waals surface area contributed by atoms with E-state index in [9.17, 15) is 14.4 Å². The number of nitrogens with one attached hydrogen (secondary N) is 4. The predicted octanol–water partition coefficient (Wildman–Crippen LogP) is -0.861. The number of fused-ring (bicyclic) bond motifs is 1. The van der Waals surface area contributed by atoms with Gasteiger partial charge in [0.15, 0.2) is 11.5 Å². The minimum atomic E-state index is -0.703. The van der Waals surface area contributed by atoms with Gasteiger partial charge in [0.1, 0.15) is 0 Å². The summed E-state index contributed by atoms with van der Waals surface area (Å²) in [6.07, 6.45) is 1.53. The van der Waals surface area contributed by atoms with E-state index in [0.29, 0.717) is 11.5 Å². The lowest BCUT2D eigenvalue weighted by Crippen LogP contribution is -2.28. The second kappa shape index (κ2) is 7.29. The minimum Gasteiger partial charge on any atom is -0.454 e. The van der Waals surface area contributed by atoms with E-state index in [1.165, 1.54) is 6.21 Å². The standard InChI is InChI=1S/C14H14N6O5/c21-11(3-4-15-12-13(22)17-14(23)20-19-12)18-16-6-8-1-2-9-10(5-8)25-7-24-9/h1-2,5-6H,3-4,7H2,(H,15,19)(H,18,21)(H2,17,20,22,23). The van der Waals surface area contributed by atoms with Crippen LogP contribution in [0.4, 0.5) is 5.82 Å². The fourth-order valence-corrected chi connectivity index (χ4v) is 1.99. The molecular weight excluding hydrogens is 332 g/mol. The van der Waals surface area contributed by atoms with E-state index in [0.717, 1.165) is 5.56 Å². The van der Waals surface area contributed by atoms with Gasteiger partial charge in [-0.25, -0.2) is 15.3 Å². The third-order valence-corrected chi connectivity index (χ3v) is 3.16. The lowest BCUT2D eigenvalue weighted by atomic mass is 10.2. The smallest absolute Gasteiger partial charge is 0.342 e. The third-order valence-electron chi connectivity index (χ3n) is 3.16. The zero-order chi connectivity index (χ0) is 17.6. The molecule has 1 aliphatic heterocycles. The molecule has 0 aliphatic carbocycles. The summed E-state index contributed by atoms with van der Waals surface area (Å²) in [7, 11) is 0. The summed E-state index contributed by atoms with van der Waals surface area (Å²) in [4.78, 5) is 35.9. The van der Waals surface area contributed by atoms with Crippen LogP contribution in [0.15, 0.2) is 32.9 Å². The van der Waals surface area contributed by atoms with Gasteiger partial charge in [-0.3, -0.25) is 14.6 Å². The highest BCUT2D eigenvalue weighted by Gasteiger charge is 2.12. The molecule has 2 heterocycles. The van der Waals surface area contributed by atoms with Crippen molar-refractivity contribution in [2.75, 3.05) is 18.7 Å². The molecule has 130 valence electrons. The molecule has 0 atom stereocenters. The van der Waals surface area contributed by atoms with E-state index in [4.69, 9.17) is 9.47 Å². The van der Waals surface area contributed by atoms with E-state index in [-0.39, 0.29) is 31.5 Å². The molecule has 11 nitrogen and oxygen atoms in total. The Kier molecular flexibility index (Phi) is 4.74. The van der Waals surface area contributed by atoms with Crippen molar-refractivity contribution in [1.29, 1.82) is 0 Å². The van der Waals surface area contributed by atoms with Gasteiger partial charge in [-0.1, -0.05) is 0 Å². The van der Waals surface area contributed by atoms with Gasteiger partial charge < -0.3 is 14.8 Å². The molecule has 1 amide bonds. The van der Waals surface area contributed by atoms with Crippen LogP contribution in [-0.4, -0.2) is 40.6 Å². The summed E-state index contributed by atoms with van der Waals surface area (Å²) in [5, 5.41) is 12.1. The van der Waals surface area contributed by atoms with Crippen LogP contribution in [0.2, 0.25) is 0 Å². The molecule has 2 aromatic rings. The van der Waals surface area contributed by atoms with Crippen LogP contribution in [0.25, 0.3) is 0 Å². The zero-order valence-electron chi connectivity index (χ0n) is 12.9. The van der Waals surface area contributed by atoms with Crippen molar-refractivity contribution in [2.45, 2.75) is 6.42 Å². The first-order valence-electron chi connectivity index (χ1n) is 7.26. The maximum absolute atomic E-state index is 11.7. The van der Waals surface area contributed by atoms with Crippen LogP contribution in [0.1, 0.15) is 12.0 Å². The van der Waals surface area contributed by atoms with Crippen LogP contribution in [0.5, 0.6) is 11.5 Å². The number of aromatic amines is 2. The molecule has 0 bridgehead atoms. The molecular formula is C14H14N6O5. The van der Waals surface area contributed by atoms with Gasteiger partial charge in [-0.05, 0) is 23.8 Å². The van der Waals surface area contributed by atoms with Crippen molar-refractivity contribution in [3.8, 4) is 11.5 Å². The molecule has 1 aromatic carbocycles. The van der Waals surface area contributed by atoms with Gasteiger partial charge in [-0.2, -0.15) is 5.10 Å². The first-order chi connectivity index (χ1) is 12.1. The van der Waals surface area contributed by atoms with Crippen molar-refractivity contribution in [3.05, 3.63) is 44.6 Å². The molecule has 1 aromatic heterocycles. The van der Waals surface area contributed by atoms with Gasteiger partial charge >= 0.3 is 5.69 Å². The van der Waals surface area contributed by atoms with Gasteiger partial charge in [0.2, 0.25) is 18.5 Å². The largest absolute Gasteiger partial charge is 0.454 e. The minimum absolute atomic E-state index is 0.0543. The lowest BCUT2D eigenvalue weighted by Gasteiger charge is -2.03. The Hall–Kier alpha value is -3.63. The Bertz CT molecular complexity index is 918. The number of nitrogens with zero attached hydrogens (tertiary/aromatic N) is 2. The van der Waals surface area contributed by atoms with Crippen molar-refractivity contribution in [3.63, 3.8) is 0 Å². The van der Waals surface area contributed by atoms with Crippen LogP contribution < -0.4 is 31.5 Å². The fourth-order valence-electron chi connectivity index (χ4n) is 1.99. The molecule has 0 unspecified atom stereocenters. The van der Waals surface area contributed by atoms with Gasteiger partial charge in [0.25, 0.3) is 5.56 Å². The molecule has 0 spiro atoms. The number of hydrogen-bond donors (Lipinski definition) is 4. The number of carbonyl (C=O) groups is 1. The Labute approximate surface area is 140 Å². The Morgan fingerprint density at radius 1 is 1.32 bits per heavy atom. The maximum Gasteiger partial charge on any atom is 0.342 e. The van der Waals surface area contributed by atoms with Crippen LogP contribution >= 0.6 is 0 Å². The molecule has 0 saturated carbocycles. The highest BCUT2D eigenvalue weighted by molar-refractivity contribution is 5.83. The quantitative estimate of drug-likeness (QED) is 0.392. The average Bonchev–Trinajstić information content (AvgIpc) is 3.04. The van der Waals surface area contributed by atoms with Crippen molar-refractivity contribution < 1.29 is 14.3 Å². The predicted molar refractivity (Wildman–Crippen MR) is 86.9 cm³/mol. The summed E-state index contributed by atoms with van der Waals surface area (Å²) in [6, 6.07) is 5.27. The Balaban J connectivity index is 1.45. The topological polar surface area (TPSA) is 151 Å². The van der Waals surface area contributed by atoms with Crippen LogP contribution in [0.3, 0.4) is 0 Å². The Morgan fingerprint density at radius 3 is 3.00 bits per heavy atom. The van der Waals surface area contributed by atoms with Gasteiger partial charge in [-0.15, -0.1) is 5.10 Å². The Morgan fingerprint density at radius 2 is 2.16 bits per heavy atom. The van der Waals surface area contributed by atoms with E-state index in [2.05, 4.69) is 26.0 Å². The molecule has 0 fully saturated rings. The first-order valence-corrected chi connectivity index (χ1v) is 7.26. The summed E-state index contributed by atoms with van der Waals surface area (Å²) < 4.78 is 10.4. The SMILES string of the molecule is O=C(CCNc1n[nH]c(=O)[nH]c1=O)NN=Cc1ccc2c(c1)OCO2. The first kappa shape index (κ1) is 16.2. The summed E-state index contributed by atoms with van der Waals surface area (Å²) in [6.45, 7) is 0.333. The van der Waals surface area contributed by atoms with E-state index in [1.54, 1.807) is 18.2 Å². The molecule has 1 aliphatic rings. The normalized spacial score (nSPS) is 12.3. The molecule has 25 heavy (non-hydrogen) atoms. The number of benzene rings is 1. The monoisotopic (exact) mass is 346 g/mol. The number of amides is 1. The van der Waals surface area contributed by atoms with E-state index in [1.807, 2.05) is 4.98 Å². The molecule has 0 radical (unpaired) electrons. The number of anilines is 1. The second-order valence-corrected chi connectivity index (χ2v) is 4.94. The second-order valence-electron chi connectivity index (χ2n) is 4.94. The van der Waals surface area contributed by atoms with Gasteiger partial charge in [0, 0.05) is 13.0 Å². The number of H-pyrrole nitrogens is 2. The molecule has 4 N–H and O–H groups in total. The number of ether oxygens (including phenoxy) is 2. The highest BCUT2D eigenvalue weighted by atomic mass is 16.7. The zero-order valence-corrected chi connectivity index (χ0v) is 12.9. The number of hydrazone groups is 1. The van der Waals surface area contributed by atoms with E-state index < -0.39 is 11.2 Å². The number of aromatic nitrogens is 3. The summed E-state index contributed by atoms with van der Waals surface area (Å²) in [5.74, 6) is 0.859. The summed E-state index contributed by atoms with van der Waals surface area (Å²) >= 11 is 0. The van der Waals surface area contributed by atoms with Crippen molar-refractivity contribution in [1.82, 2.24) is 20.6 Å². The average molecular weight is 346 g/mol.